The van der Waals surface area contributed by atoms with Crippen molar-refractivity contribution in [3.63, 3.8) is 0 Å². The van der Waals surface area contributed by atoms with E-state index in [1.165, 1.54) is 24.3 Å². The molecule has 11 nitrogen and oxygen atoms in total. The molecule has 1 N–H and O–H groups in total. The molecule has 1 fully saturated rings. The van der Waals surface area contributed by atoms with E-state index in [1.807, 2.05) is 44.0 Å². The number of nitrogens with one attached hydrogen (secondary N) is 1. The van der Waals surface area contributed by atoms with E-state index in [9.17, 15) is 13.2 Å². The van der Waals surface area contributed by atoms with Gasteiger partial charge in [0.25, 0.3) is 15.9 Å². The van der Waals surface area contributed by atoms with Gasteiger partial charge in [0.1, 0.15) is 18.2 Å². The maximum absolute atomic E-state index is 15.7. The monoisotopic (exact) mass is 716 g/mol. The topological polar surface area (TPSA) is 127 Å². The number of anilines is 2. The molecule has 6 rings (SSSR count). The fourth-order valence-electron chi connectivity index (χ4n) is 6.75. The van der Waals surface area contributed by atoms with E-state index in [0.29, 0.717) is 31.1 Å². The molecule has 270 valence electrons. The van der Waals surface area contributed by atoms with Crippen LogP contribution in [0.15, 0.2) is 65.6 Å². The summed E-state index contributed by atoms with van der Waals surface area (Å²) in [6.07, 6.45) is 2.12. The molecule has 0 radical (unpaired) electrons. The first-order valence-corrected chi connectivity index (χ1v) is 18.7. The Morgan fingerprint density at radius 1 is 0.980 bits per heavy atom. The SMILES string of the molecule is Cc1cccc(C)c1-c1cc2nc(n1)NS(=O)(=O)c1cccc(c1)C(=O)N(Cc1nc(N(C)C3CCOCC3)ccc1F)C(CC(C)(C)C)CO2. The minimum Gasteiger partial charge on any atom is -0.475 e. The van der Waals surface area contributed by atoms with Crippen molar-refractivity contribution >= 4 is 27.7 Å². The van der Waals surface area contributed by atoms with Gasteiger partial charge in [-0.05, 0) is 80.0 Å². The Hall–Kier alpha value is -4.62. The number of hydrogen-bond donors (Lipinski definition) is 1. The number of rotatable bonds is 6. The van der Waals surface area contributed by atoms with Gasteiger partial charge in [-0.2, -0.15) is 4.98 Å². The van der Waals surface area contributed by atoms with E-state index in [1.54, 1.807) is 23.1 Å². The highest BCUT2D eigenvalue weighted by atomic mass is 32.2. The average Bonchev–Trinajstić information content (AvgIpc) is 3.08. The molecule has 0 aliphatic carbocycles. The number of amides is 1. The first kappa shape index (κ1) is 36.2. The van der Waals surface area contributed by atoms with Crippen LogP contribution in [0, 0.1) is 25.1 Å². The highest BCUT2D eigenvalue weighted by molar-refractivity contribution is 7.92. The predicted molar refractivity (Wildman–Crippen MR) is 194 cm³/mol. The van der Waals surface area contributed by atoms with E-state index in [0.717, 1.165) is 29.5 Å². The van der Waals surface area contributed by atoms with E-state index < -0.39 is 27.8 Å². The van der Waals surface area contributed by atoms with Gasteiger partial charge in [-0.1, -0.05) is 45.0 Å². The van der Waals surface area contributed by atoms with Crippen molar-refractivity contribution in [3.8, 4) is 17.1 Å². The Balaban J connectivity index is 1.46. The van der Waals surface area contributed by atoms with Crippen LogP contribution < -0.4 is 14.4 Å². The molecular weight excluding hydrogens is 672 g/mol. The number of halogens is 1. The van der Waals surface area contributed by atoms with Crippen LogP contribution in [0.5, 0.6) is 5.88 Å². The number of sulfonamides is 1. The zero-order valence-corrected chi connectivity index (χ0v) is 30.8. The van der Waals surface area contributed by atoms with Crippen LogP contribution in [0.2, 0.25) is 0 Å². The molecule has 2 aromatic carbocycles. The van der Waals surface area contributed by atoms with Gasteiger partial charge in [0.15, 0.2) is 0 Å². The fraction of sp³-hybridized carbons (Fsp3) is 0.421. The van der Waals surface area contributed by atoms with E-state index in [2.05, 4.69) is 35.5 Å². The second kappa shape index (κ2) is 14.5. The van der Waals surface area contributed by atoms with E-state index in [4.69, 9.17) is 14.5 Å². The maximum Gasteiger partial charge on any atom is 0.264 e. The number of aryl methyl sites for hydroxylation is 2. The molecule has 4 aromatic rings. The molecule has 1 atom stereocenters. The molecule has 2 aliphatic heterocycles. The average molecular weight is 717 g/mol. The molecule has 0 spiro atoms. The van der Waals surface area contributed by atoms with Crippen LogP contribution >= 0.6 is 0 Å². The molecule has 13 heteroatoms. The lowest BCUT2D eigenvalue weighted by atomic mass is 9.87. The third kappa shape index (κ3) is 8.31. The van der Waals surface area contributed by atoms with Crippen molar-refractivity contribution in [1.29, 1.82) is 0 Å². The number of pyridine rings is 1. The summed E-state index contributed by atoms with van der Waals surface area (Å²) in [4.78, 5) is 31.8. The first-order chi connectivity index (χ1) is 24.2. The van der Waals surface area contributed by atoms with Gasteiger partial charge in [-0.15, -0.1) is 0 Å². The zero-order chi connectivity index (χ0) is 36.5. The molecule has 1 unspecified atom stereocenters. The maximum atomic E-state index is 15.7. The molecule has 2 aromatic heterocycles. The second-order valence-electron chi connectivity index (χ2n) is 14.5. The van der Waals surface area contributed by atoms with Crippen molar-refractivity contribution in [2.75, 3.05) is 36.5 Å². The number of nitrogens with zero attached hydrogens (tertiary/aromatic N) is 5. The van der Waals surface area contributed by atoms with Gasteiger partial charge >= 0.3 is 0 Å². The number of aromatic nitrogens is 3. The summed E-state index contributed by atoms with van der Waals surface area (Å²) in [5.74, 6) is -0.483. The van der Waals surface area contributed by atoms with Crippen molar-refractivity contribution in [3.05, 3.63) is 88.9 Å². The molecule has 1 saturated heterocycles. The van der Waals surface area contributed by atoms with Gasteiger partial charge < -0.3 is 19.3 Å². The third-order valence-corrected chi connectivity index (χ3v) is 10.7. The van der Waals surface area contributed by atoms with Gasteiger partial charge in [0.2, 0.25) is 11.8 Å². The molecule has 4 heterocycles. The number of carbonyl (C=O) groups excluding carboxylic acids is 1. The van der Waals surface area contributed by atoms with Crippen molar-refractivity contribution in [2.24, 2.45) is 5.41 Å². The van der Waals surface area contributed by atoms with Crippen LogP contribution in [0.1, 0.15) is 67.2 Å². The number of carbonyl (C=O) groups is 1. The molecule has 51 heavy (non-hydrogen) atoms. The number of ether oxygens (including phenoxy) is 2. The summed E-state index contributed by atoms with van der Waals surface area (Å²) >= 11 is 0. The quantitative estimate of drug-likeness (QED) is 0.236. The largest absolute Gasteiger partial charge is 0.475 e. The van der Waals surface area contributed by atoms with Crippen molar-refractivity contribution < 1.29 is 27.1 Å². The lowest BCUT2D eigenvalue weighted by Gasteiger charge is -2.36. The van der Waals surface area contributed by atoms with Gasteiger partial charge in [-0.3, -0.25) is 4.79 Å². The highest BCUT2D eigenvalue weighted by Gasteiger charge is 2.33. The summed E-state index contributed by atoms with van der Waals surface area (Å²) in [5, 5.41) is 0. The van der Waals surface area contributed by atoms with Crippen molar-refractivity contribution in [2.45, 2.75) is 77.4 Å². The highest BCUT2D eigenvalue weighted by Crippen LogP contribution is 2.32. The molecule has 1 amide bonds. The van der Waals surface area contributed by atoms with E-state index >= 15 is 4.39 Å². The minimum absolute atomic E-state index is 0.0125. The second-order valence-corrected chi connectivity index (χ2v) is 16.2. The Morgan fingerprint density at radius 3 is 2.39 bits per heavy atom. The Bertz CT molecular complexity index is 2010. The van der Waals surface area contributed by atoms with E-state index in [-0.39, 0.29) is 52.6 Å². The Labute approximate surface area is 299 Å². The van der Waals surface area contributed by atoms with Crippen LogP contribution in [0.3, 0.4) is 0 Å². The summed E-state index contributed by atoms with van der Waals surface area (Å²) in [5.41, 5.74) is 3.12. The van der Waals surface area contributed by atoms with Crippen LogP contribution in [0.25, 0.3) is 11.3 Å². The zero-order valence-electron chi connectivity index (χ0n) is 29.9. The standard InChI is InChI=1S/C38H45FN6O5S/c1-24-9-7-10-25(2)35(24)31-20-34-42-37(41-31)43-51(47,48)29-12-8-11-26(19-29)36(46)45(28(23-50-34)21-38(3,4)5)22-32-30(39)13-14-33(40-32)44(6)27-15-17-49-18-16-27/h7-14,19-20,27-28H,15-18,21-23H2,1-6H3,(H,41,42,43). The number of benzene rings is 2. The molecular formula is C38H45FN6O5S. The summed E-state index contributed by atoms with van der Waals surface area (Å²) in [7, 11) is -2.31. The molecule has 2 aliphatic rings. The first-order valence-electron chi connectivity index (χ1n) is 17.2. The Morgan fingerprint density at radius 2 is 1.69 bits per heavy atom. The fourth-order valence-corrected chi connectivity index (χ4v) is 7.74. The number of hydrogen-bond acceptors (Lipinski definition) is 9. The smallest absolute Gasteiger partial charge is 0.264 e. The summed E-state index contributed by atoms with van der Waals surface area (Å²) in [6, 6.07) is 15.9. The minimum atomic E-state index is -4.24. The van der Waals surface area contributed by atoms with Crippen LogP contribution in [0.4, 0.5) is 16.2 Å². The summed E-state index contributed by atoms with van der Waals surface area (Å²) in [6.45, 7) is 11.2. The van der Waals surface area contributed by atoms with Crippen molar-refractivity contribution in [1.82, 2.24) is 19.9 Å². The third-order valence-electron chi connectivity index (χ3n) is 9.35. The summed E-state index contributed by atoms with van der Waals surface area (Å²) < 4.78 is 57.5. The number of fused-ring (bicyclic) bond motifs is 4. The van der Waals surface area contributed by atoms with Gasteiger partial charge in [0, 0.05) is 43.5 Å². The lowest BCUT2D eigenvalue weighted by Crippen LogP contribution is -2.45. The van der Waals surface area contributed by atoms with Gasteiger partial charge in [-0.25, -0.2) is 27.5 Å². The Kier molecular flexibility index (Phi) is 10.3. The van der Waals surface area contributed by atoms with Gasteiger partial charge in [0.05, 0.1) is 28.9 Å². The predicted octanol–water partition coefficient (Wildman–Crippen LogP) is 6.55. The molecule has 0 saturated carbocycles. The normalized spacial score (nSPS) is 18.1. The molecule has 4 bridgehead atoms. The van der Waals surface area contributed by atoms with Crippen LogP contribution in [-0.2, 0) is 21.3 Å². The van der Waals surface area contributed by atoms with Crippen LogP contribution in [-0.4, -0.2) is 73.1 Å². The lowest BCUT2D eigenvalue weighted by molar-refractivity contribution is 0.0506.